The molecule has 0 atom stereocenters. The molecule has 0 fully saturated rings. The highest BCUT2D eigenvalue weighted by molar-refractivity contribution is 6.07. The molecule has 2 aromatic heterocycles. The Labute approximate surface area is 211 Å². The van der Waals surface area contributed by atoms with Crippen molar-refractivity contribution >= 4 is 17.4 Å². The van der Waals surface area contributed by atoms with Gasteiger partial charge in [0.2, 0.25) is 11.8 Å². The van der Waals surface area contributed by atoms with Gasteiger partial charge in [0.05, 0.1) is 24.3 Å². The fourth-order valence-electron chi connectivity index (χ4n) is 3.10. The predicted molar refractivity (Wildman–Crippen MR) is 130 cm³/mol. The van der Waals surface area contributed by atoms with Crippen molar-refractivity contribution in [3.8, 4) is 5.88 Å². The number of ether oxygens (including phenoxy) is 2. The Kier molecular flexibility index (Phi) is 9.75. The molecular weight excluding hydrogens is 494 g/mol. The van der Waals surface area contributed by atoms with Gasteiger partial charge in [-0.05, 0) is 56.1 Å². The lowest BCUT2D eigenvalue weighted by molar-refractivity contribution is -0.137. The number of hydrogen-bond acceptors (Lipinski definition) is 7. The van der Waals surface area contributed by atoms with Crippen LogP contribution in [0.15, 0.2) is 54.7 Å². The molecule has 3 rings (SSSR count). The fraction of sp³-hybridized carbons (Fsp3) is 0.320. The van der Waals surface area contributed by atoms with E-state index in [-0.39, 0.29) is 23.6 Å². The van der Waals surface area contributed by atoms with E-state index in [2.05, 4.69) is 20.6 Å². The molecule has 0 bridgehead atoms. The van der Waals surface area contributed by atoms with Gasteiger partial charge >= 0.3 is 6.18 Å². The Morgan fingerprint density at radius 3 is 2.62 bits per heavy atom. The van der Waals surface area contributed by atoms with E-state index in [1.165, 1.54) is 18.2 Å². The summed E-state index contributed by atoms with van der Waals surface area (Å²) in [6.45, 7) is 2.24. The number of hydrogen-bond donors (Lipinski definition) is 2. The van der Waals surface area contributed by atoms with E-state index >= 15 is 0 Å². The van der Waals surface area contributed by atoms with Gasteiger partial charge in [-0.1, -0.05) is 6.07 Å². The molecule has 2 N–H and O–H groups in total. The highest BCUT2D eigenvalue weighted by atomic mass is 19.4. The first-order valence-corrected chi connectivity index (χ1v) is 11.3. The van der Waals surface area contributed by atoms with Crippen molar-refractivity contribution in [1.29, 1.82) is 0 Å². The number of amides is 1. The third-order valence-corrected chi connectivity index (χ3v) is 4.97. The number of halogens is 4. The summed E-state index contributed by atoms with van der Waals surface area (Å²) in [7, 11) is 3.91. The van der Waals surface area contributed by atoms with Gasteiger partial charge in [-0.3, -0.25) is 4.79 Å². The normalized spacial score (nSPS) is 11.4. The largest absolute Gasteiger partial charge is 0.475 e. The molecule has 12 heteroatoms. The Morgan fingerprint density at radius 1 is 1.05 bits per heavy atom. The van der Waals surface area contributed by atoms with Crippen molar-refractivity contribution in [1.82, 2.24) is 14.9 Å². The number of carbonyl (C=O) groups is 1. The topological polar surface area (TPSA) is 88.6 Å². The van der Waals surface area contributed by atoms with E-state index in [0.29, 0.717) is 31.3 Å². The van der Waals surface area contributed by atoms with Crippen molar-refractivity contribution in [3.05, 3.63) is 77.4 Å². The zero-order valence-corrected chi connectivity index (χ0v) is 20.3. The molecule has 198 valence electrons. The molecular formula is C25H27F4N5O3. The van der Waals surface area contributed by atoms with Crippen molar-refractivity contribution in [2.75, 3.05) is 51.1 Å². The number of alkyl halides is 3. The minimum atomic E-state index is -4.56. The summed E-state index contributed by atoms with van der Waals surface area (Å²) in [6.07, 6.45) is -3.02. The number of nitrogens with one attached hydrogen (secondary N) is 2. The minimum Gasteiger partial charge on any atom is -0.475 e. The van der Waals surface area contributed by atoms with Crippen molar-refractivity contribution < 1.29 is 31.8 Å². The molecule has 0 aliphatic heterocycles. The number of aromatic nitrogens is 2. The first-order valence-electron chi connectivity index (χ1n) is 11.3. The second-order valence-corrected chi connectivity index (χ2v) is 8.18. The van der Waals surface area contributed by atoms with Gasteiger partial charge in [-0.25, -0.2) is 9.97 Å². The van der Waals surface area contributed by atoms with E-state index < -0.39 is 23.6 Å². The molecule has 0 unspecified atom stereocenters. The van der Waals surface area contributed by atoms with E-state index in [0.717, 1.165) is 24.7 Å². The number of pyridine rings is 2. The minimum absolute atomic E-state index is 0.0424. The highest BCUT2D eigenvalue weighted by Crippen LogP contribution is 2.31. The molecule has 0 radical (unpaired) electrons. The van der Waals surface area contributed by atoms with Gasteiger partial charge in [0, 0.05) is 31.0 Å². The van der Waals surface area contributed by atoms with E-state index in [1.807, 2.05) is 19.0 Å². The lowest BCUT2D eigenvalue weighted by Gasteiger charge is -2.13. The lowest BCUT2D eigenvalue weighted by atomic mass is 10.1. The zero-order chi connectivity index (χ0) is 26.8. The standard InChI is InChI=1S/C25H27F4N5O3/c1-34(2)10-11-36-12-13-37-22-14-17(8-9-30-22)16-31-23-20(6-7-21(26)33-23)24(35)32-19-5-3-4-18(15-19)25(27,28)29/h3-9,14-15H,10-13,16H2,1-2H3,(H,31,33)(H,32,35). The number of nitrogens with zero attached hydrogens (tertiary/aromatic N) is 3. The number of rotatable bonds is 12. The zero-order valence-electron chi connectivity index (χ0n) is 20.3. The second kappa shape index (κ2) is 13.0. The maximum absolute atomic E-state index is 13.8. The second-order valence-electron chi connectivity index (χ2n) is 8.18. The van der Waals surface area contributed by atoms with Gasteiger partial charge < -0.3 is 25.0 Å². The molecule has 0 saturated carbocycles. The SMILES string of the molecule is CN(C)CCOCCOc1cc(CNc2nc(F)ccc2C(=O)Nc2cccc(C(F)(F)F)c2)ccn1. The van der Waals surface area contributed by atoms with Crippen LogP contribution >= 0.6 is 0 Å². The first kappa shape index (κ1) is 27.8. The van der Waals surface area contributed by atoms with Crippen LogP contribution in [-0.2, 0) is 17.5 Å². The monoisotopic (exact) mass is 521 g/mol. The molecule has 2 heterocycles. The smallest absolute Gasteiger partial charge is 0.416 e. The van der Waals surface area contributed by atoms with Crippen LogP contribution in [-0.4, -0.2) is 61.2 Å². The third-order valence-electron chi connectivity index (χ3n) is 4.97. The quantitative estimate of drug-likeness (QED) is 0.207. The number of likely N-dealkylation sites (N-methyl/N-ethyl adjacent to an activating group) is 1. The van der Waals surface area contributed by atoms with Crippen LogP contribution in [0.3, 0.4) is 0 Å². The van der Waals surface area contributed by atoms with Gasteiger partial charge in [-0.15, -0.1) is 0 Å². The van der Waals surface area contributed by atoms with E-state index in [4.69, 9.17) is 9.47 Å². The van der Waals surface area contributed by atoms with E-state index in [9.17, 15) is 22.4 Å². The summed E-state index contributed by atoms with van der Waals surface area (Å²) in [4.78, 5) is 22.6. The van der Waals surface area contributed by atoms with Crippen LogP contribution in [0.25, 0.3) is 0 Å². The van der Waals surface area contributed by atoms with Crippen molar-refractivity contribution in [3.63, 3.8) is 0 Å². The van der Waals surface area contributed by atoms with Crippen LogP contribution in [0.5, 0.6) is 5.88 Å². The summed E-state index contributed by atoms with van der Waals surface area (Å²) < 4.78 is 63.8. The number of benzene rings is 1. The van der Waals surface area contributed by atoms with Gasteiger partial charge in [0.25, 0.3) is 5.91 Å². The molecule has 37 heavy (non-hydrogen) atoms. The summed E-state index contributed by atoms with van der Waals surface area (Å²) in [5.74, 6) is -1.28. The van der Waals surface area contributed by atoms with Crippen LogP contribution < -0.4 is 15.4 Å². The van der Waals surface area contributed by atoms with Crippen molar-refractivity contribution in [2.24, 2.45) is 0 Å². The van der Waals surface area contributed by atoms with Gasteiger partial charge in [-0.2, -0.15) is 17.6 Å². The lowest BCUT2D eigenvalue weighted by Crippen LogP contribution is -2.19. The molecule has 0 spiro atoms. The summed E-state index contributed by atoms with van der Waals surface area (Å²) in [6, 6.07) is 9.78. The molecule has 0 aliphatic carbocycles. The maximum Gasteiger partial charge on any atom is 0.416 e. The van der Waals surface area contributed by atoms with Gasteiger partial charge in [0.1, 0.15) is 12.4 Å². The summed E-state index contributed by atoms with van der Waals surface area (Å²) >= 11 is 0. The maximum atomic E-state index is 13.8. The Balaban J connectivity index is 1.61. The van der Waals surface area contributed by atoms with Crippen LogP contribution in [0, 0.1) is 5.95 Å². The van der Waals surface area contributed by atoms with Crippen LogP contribution in [0.4, 0.5) is 29.1 Å². The van der Waals surface area contributed by atoms with Crippen LogP contribution in [0.2, 0.25) is 0 Å². The summed E-state index contributed by atoms with van der Waals surface area (Å²) in [5.41, 5.74) is -0.290. The van der Waals surface area contributed by atoms with Crippen LogP contribution in [0.1, 0.15) is 21.5 Å². The van der Waals surface area contributed by atoms with E-state index in [1.54, 1.807) is 18.3 Å². The fourth-order valence-corrected chi connectivity index (χ4v) is 3.10. The molecule has 3 aromatic rings. The Hall–Kier alpha value is -3.77. The molecule has 0 aliphatic rings. The molecule has 1 aromatic carbocycles. The summed E-state index contributed by atoms with van der Waals surface area (Å²) in [5, 5.41) is 5.29. The predicted octanol–water partition coefficient (Wildman–Crippen LogP) is 4.46. The average Bonchev–Trinajstić information content (AvgIpc) is 2.84. The Morgan fingerprint density at radius 2 is 1.86 bits per heavy atom. The number of anilines is 2. The molecule has 0 saturated heterocycles. The Bertz CT molecular complexity index is 1190. The molecule has 8 nitrogen and oxygen atoms in total. The first-order chi connectivity index (χ1) is 17.6. The molecule has 1 amide bonds. The number of carbonyl (C=O) groups excluding carboxylic acids is 1. The highest BCUT2D eigenvalue weighted by Gasteiger charge is 2.30. The van der Waals surface area contributed by atoms with Gasteiger partial charge in [0.15, 0.2) is 0 Å². The van der Waals surface area contributed by atoms with Crippen molar-refractivity contribution in [2.45, 2.75) is 12.7 Å². The average molecular weight is 522 g/mol. The third kappa shape index (κ3) is 8.99.